The maximum atomic E-state index is 13.7. The van der Waals surface area contributed by atoms with E-state index in [1.807, 2.05) is 24.3 Å². The van der Waals surface area contributed by atoms with E-state index in [0.717, 1.165) is 23.6 Å². The Balaban J connectivity index is 1.37. The molecule has 3 aromatic rings. The number of aryl methyl sites for hydroxylation is 1. The first-order chi connectivity index (χ1) is 18.8. The van der Waals surface area contributed by atoms with E-state index in [9.17, 15) is 18.4 Å². The van der Waals surface area contributed by atoms with E-state index in [4.69, 9.17) is 15.2 Å². The summed E-state index contributed by atoms with van der Waals surface area (Å²) >= 11 is 0. The van der Waals surface area contributed by atoms with Crippen molar-refractivity contribution in [1.82, 2.24) is 10.2 Å². The molecule has 1 aliphatic rings. The van der Waals surface area contributed by atoms with Gasteiger partial charge in [-0.25, -0.2) is 13.6 Å². The summed E-state index contributed by atoms with van der Waals surface area (Å²) < 4.78 is 38.5. The second-order valence-corrected chi connectivity index (χ2v) is 9.63. The predicted molar refractivity (Wildman–Crippen MR) is 143 cm³/mol. The number of fused-ring (bicyclic) bond motifs is 1. The van der Waals surface area contributed by atoms with Crippen LogP contribution in [0.4, 0.5) is 13.6 Å². The normalized spacial score (nSPS) is 14.4. The summed E-state index contributed by atoms with van der Waals surface area (Å²) in [6.45, 7) is 3.29. The van der Waals surface area contributed by atoms with Crippen LogP contribution < -0.4 is 15.8 Å². The molecular weight excluding hydrogens is 504 g/mol. The highest BCUT2D eigenvalue weighted by atomic mass is 19.1. The minimum Gasteiger partial charge on any atom is -0.459 e. The van der Waals surface area contributed by atoms with Crippen LogP contribution in [0.1, 0.15) is 35.6 Å². The van der Waals surface area contributed by atoms with Crippen molar-refractivity contribution >= 4 is 12.1 Å². The van der Waals surface area contributed by atoms with Gasteiger partial charge in [0.1, 0.15) is 23.5 Å². The lowest BCUT2D eigenvalue weighted by Crippen LogP contribution is -2.46. The Kier molecular flexibility index (Phi) is 9.62. The van der Waals surface area contributed by atoms with Gasteiger partial charge in [-0.2, -0.15) is 0 Å². The maximum absolute atomic E-state index is 13.7. The summed E-state index contributed by atoms with van der Waals surface area (Å²) in [5, 5.41) is 3.28. The van der Waals surface area contributed by atoms with Gasteiger partial charge in [-0.1, -0.05) is 49.4 Å². The van der Waals surface area contributed by atoms with Crippen molar-refractivity contribution in [2.75, 3.05) is 13.1 Å². The number of para-hydroxylation sites is 1. The SMILES string of the molecule is CCc1cccc(CNCC(OC(=O)CCN2Cc3ccccc3OC2=O)C(N)Cc2cc(F)cc(F)c2)c1. The number of hydrogen-bond donors (Lipinski definition) is 2. The third kappa shape index (κ3) is 8.08. The van der Waals surface area contributed by atoms with Gasteiger partial charge in [0.15, 0.2) is 0 Å². The number of amides is 1. The van der Waals surface area contributed by atoms with Crippen LogP contribution in [0.15, 0.2) is 66.7 Å². The summed E-state index contributed by atoms with van der Waals surface area (Å²) in [4.78, 5) is 26.6. The number of nitrogens with two attached hydrogens (primary N) is 1. The van der Waals surface area contributed by atoms with E-state index in [-0.39, 0.29) is 25.9 Å². The largest absolute Gasteiger partial charge is 0.459 e. The smallest absolute Gasteiger partial charge is 0.415 e. The highest BCUT2D eigenvalue weighted by molar-refractivity contribution is 5.75. The first-order valence-electron chi connectivity index (χ1n) is 13.0. The fraction of sp³-hybridized carbons (Fsp3) is 0.333. The number of halogens is 2. The zero-order valence-electron chi connectivity index (χ0n) is 21.9. The van der Waals surface area contributed by atoms with Crippen molar-refractivity contribution in [2.24, 2.45) is 5.73 Å². The average molecular weight is 538 g/mol. The molecule has 3 aromatic carbocycles. The Morgan fingerprint density at radius 3 is 2.56 bits per heavy atom. The molecule has 1 heterocycles. The Morgan fingerprint density at radius 2 is 1.79 bits per heavy atom. The molecule has 0 aromatic heterocycles. The molecular formula is C30H33F2N3O4. The zero-order valence-corrected chi connectivity index (χ0v) is 21.9. The maximum Gasteiger partial charge on any atom is 0.415 e. The van der Waals surface area contributed by atoms with Crippen molar-refractivity contribution in [3.63, 3.8) is 0 Å². The number of rotatable bonds is 12. The van der Waals surface area contributed by atoms with Gasteiger partial charge in [-0.15, -0.1) is 0 Å². The predicted octanol–water partition coefficient (Wildman–Crippen LogP) is 4.50. The number of ether oxygens (including phenoxy) is 2. The van der Waals surface area contributed by atoms with Gasteiger partial charge in [-0.05, 0) is 47.7 Å². The van der Waals surface area contributed by atoms with E-state index >= 15 is 0 Å². The molecule has 4 rings (SSSR count). The molecule has 0 radical (unpaired) electrons. The molecule has 2 atom stereocenters. The van der Waals surface area contributed by atoms with Crippen LogP contribution in [0, 0.1) is 11.6 Å². The molecule has 0 saturated carbocycles. The molecule has 0 aliphatic carbocycles. The molecule has 206 valence electrons. The second-order valence-electron chi connectivity index (χ2n) is 9.63. The van der Waals surface area contributed by atoms with Crippen LogP contribution in [-0.2, 0) is 35.5 Å². The van der Waals surface area contributed by atoms with E-state index < -0.39 is 35.8 Å². The number of nitrogens with one attached hydrogen (secondary N) is 1. The number of nitrogens with zero attached hydrogens (tertiary/aromatic N) is 1. The van der Waals surface area contributed by atoms with Gasteiger partial charge < -0.3 is 25.4 Å². The second kappa shape index (κ2) is 13.3. The van der Waals surface area contributed by atoms with E-state index in [1.54, 1.807) is 12.1 Å². The summed E-state index contributed by atoms with van der Waals surface area (Å²) in [6, 6.07) is 17.9. The third-order valence-electron chi connectivity index (χ3n) is 6.60. The Bertz CT molecular complexity index is 1280. The van der Waals surface area contributed by atoms with Crippen LogP contribution in [0.5, 0.6) is 5.75 Å². The zero-order chi connectivity index (χ0) is 27.8. The Morgan fingerprint density at radius 1 is 1.05 bits per heavy atom. The molecule has 39 heavy (non-hydrogen) atoms. The number of carbonyl (C=O) groups is 2. The fourth-order valence-corrected chi connectivity index (χ4v) is 4.52. The lowest BCUT2D eigenvalue weighted by atomic mass is 10.0. The number of esters is 1. The molecule has 0 fully saturated rings. The molecule has 9 heteroatoms. The number of benzene rings is 3. The highest BCUT2D eigenvalue weighted by Crippen LogP contribution is 2.25. The topological polar surface area (TPSA) is 93.9 Å². The summed E-state index contributed by atoms with van der Waals surface area (Å²) in [5.41, 5.74) is 9.89. The van der Waals surface area contributed by atoms with E-state index in [0.29, 0.717) is 24.4 Å². The number of carbonyl (C=O) groups excluding carboxylic acids is 2. The van der Waals surface area contributed by atoms with E-state index in [2.05, 4.69) is 24.4 Å². The minimum atomic E-state index is -0.771. The summed E-state index contributed by atoms with van der Waals surface area (Å²) in [5.74, 6) is -1.43. The average Bonchev–Trinajstić information content (AvgIpc) is 2.90. The molecule has 0 bridgehead atoms. The Hall–Kier alpha value is -3.82. The van der Waals surface area contributed by atoms with Crippen molar-refractivity contribution in [1.29, 1.82) is 0 Å². The first-order valence-corrected chi connectivity index (χ1v) is 13.0. The lowest BCUT2D eigenvalue weighted by molar-refractivity contribution is -0.150. The fourth-order valence-electron chi connectivity index (χ4n) is 4.52. The van der Waals surface area contributed by atoms with Gasteiger partial charge in [0, 0.05) is 37.3 Å². The first kappa shape index (κ1) is 28.2. The molecule has 1 amide bonds. The molecule has 0 spiro atoms. The van der Waals surface area contributed by atoms with Gasteiger partial charge in [-0.3, -0.25) is 4.79 Å². The van der Waals surface area contributed by atoms with Crippen LogP contribution in [0.25, 0.3) is 0 Å². The molecule has 3 N–H and O–H groups in total. The summed E-state index contributed by atoms with van der Waals surface area (Å²) in [7, 11) is 0. The van der Waals surface area contributed by atoms with Crippen LogP contribution in [-0.4, -0.2) is 42.2 Å². The molecule has 1 aliphatic heterocycles. The van der Waals surface area contributed by atoms with Gasteiger partial charge in [0.05, 0.1) is 13.0 Å². The lowest BCUT2D eigenvalue weighted by Gasteiger charge is -2.28. The van der Waals surface area contributed by atoms with Crippen molar-refractivity contribution in [3.8, 4) is 5.75 Å². The van der Waals surface area contributed by atoms with Crippen LogP contribution in [0.2, 0.25) is 0 Å². The minimum absolute atomic E-state index is 0.0619. The molecule has 7 nitrogen and oxygen atoms in total. The van der Waals surface area contributed by atoms with Gasteiger partial charge in [0.2, 0.25) is 0 Å². The number of hydrogen-bond acceptors (Lipinski definition) is 6. The van der Waals surface area contributed by atoms with Gasteiger partial charge in [0.25, 0.3) is 0 Å². The molecule has 2 unspecified atom stereocenters. The van der Waals surface area contributed by atoms with Crippen LogP contribution in [0.3, 0.4) is 0 Å². The monoisotopic (exact) mass is 537 g/mol. The standard InChI is InChI=1S/C30H33F2N3O4/c1-2-20-6-5-7-21(12-20)17-34-18-28(26(33)15-22-13-24(31)16-25(32)14-22)38-29(36)10-11-35-19-23-8-3-4-9-27(23)39-30(35)37/h3-9,12-14,16,26,28,34H,2,10-11,15,17-19,33H2,1H3. The van der Waals surface area contributed by atoms with Crippen molar-refractivity contribution in [2.45, 2.75) is 51.4 Å². The molecule has 0 saturated heterocycles. The van der Waals surface area contributed by atoms with Gasteiger partial charge >= 0.3 is 12.1 Å². The van der Waals surface area contributed by atoms with Crippen molar-refractivity contribution in [3.05, 3.63) is 101 Å². The summed E-state index contributed by atoms with van der Waals surface area (Å²) in [6.07, 6.45) is -0.340. The van der Waals surface area contributed by atoms with Crippen LogP contribution >= 0.6 is 0 Å². The Labute approximate surface area is 226 Å². The highest BCUT2D eigenvalue weighted by Gasteiger charge is 2.27. The third-order valence-corrected chi connectivity index (χ3v) is 6.60. The van der Waals surface area contributed by atoms with Crippen molar-refractivity contribution < 1.29 is 27.8 Å². The quantitative estimate of drug-likeness (QED) is 0.331. The van der Waals surface area contributed by atoms with E-state index in [1.165, 1.54) is 22.6 Å².